The second-order valence-corrected chi connectivity index (χ2v) is 6.61. The van der Waals surface area contributed by atoms with Crippen LogP contribution < -0.4 is 0 Å². The van der Waals surface area contributed by atoms with Gasteiger partial charge in [0, 0.05) is 5.02 Å². The van der Waals surface area contributed by atoms with Gasteiger partial charge in [0.1, 0.15) is 0 Å². The number of halogens is 1. The van der Waals surface area contributed by atoms with Crippen LogP contribution in [0.2, 0.25) is 5.02 Å². The van der Waals surface area contributed by atoms with E-state index in [1.54, 1.807) is 24.3 Å². The van der Waals surface area contributed by atoms with Crippen LogP contribution in [0.1, 0.15) is 87.9 Å². The standard InChI is InChI=1S/C20H31ClO2/c1-2-3-4-5-6-7-8-9-10-11-12-17-23-20(22)18-13-15-19(21)16-14-18/h13-16H,2-12,17H2,1H3. The lowest BCUT2D eigenvalue weighted by atomic mass is 10.1. The summed E-state index contributed by atoms with van der Waals surface area (Å²) in [5.41, 5.74) is 0.567. The number of carbonyl (C=O) groups is 1. The van der Waals surface area contributed by atoms with E-state index in [-0.39, 0.29) is 5.97 Å². The van der Waals surface area contributed by atoms with E-state index in [1.807, 2.05) is 0 Å². The number of hydrogen-bond donors (Lipinski definition) is 0. The molecule has 0 unspecified atom stereocenters. The lowest BCUT2D eigenvalue weighted by Crippen LogP contribution is -2.06. The molecule has 130 valence electrons. The Labute approximate surface area is 146 Å². The second-order valence-electron chi connectivity index (χ2n) is 6.18. The van der Waals surface area contributed by atoms with Crippen LogP contribution in [-0.2, 0) is 4.74 Å². The minimum absolute atomic E-state index is 0.256. The van der Waals surface area contributed by atoms with Crippen LogP contribution in [0.5, 0.6) is 0 Å². The lowest BCUT2D eigenvalue weighted by molar-refractivity contribution is 0.0497. The van der Waals surface area contributed by atoms with Crippen LogP contribution >= 0.6 is 11.6 Å². The molecule has 0 saturated heterocycles. The third kappa shape index (κ3) is 10.4. The number of unbranched alkanes of at least 4 members (excludes halogenated alkanes) is 10. The summed E-state index contributed by atoms with van der Waals surface area (Å²) < 4.78 is 5.27. The molecule has 2 nitrogen and oxygen atoms in total. The van der Waals surface area contributed by atoms with Gasteiger partial charge >= 0.3 is 5.97 Å². The van der Waals surface area contributed by atoms with Crippen molar-refractivity contribution in [1.82, 2.24) is 0 Å². The molecular formula is C20H31ClO2. The average Bonchev–Trinajstić information content (AvgIpc) is 2.56. The number of benzene rings is 1. The van der Waals surface area contributed by atoms with Gasteiger partial charge < -0.3 is 4.74 Å². The van der Waals surface area contributed by atoms with E-state index in [1.165, 1.54) is 57.8 Å². The third-order valence-electron chi connectivity index (χ3n) is 4.06. The highest BCUT2D eigenvalue weighted by molar-refractivity contribution is 6.30. The maximum atomic E-state index is 11.8. The van der Waals surface area contributed by atoms with Crippen molar-refractivity contribution in [3.05, 3.63) is 34.9 Å². The smallest absolute Gasteiger partial charge is 0.338 e. The van der Waals surface area contributed by atoms with Crippen molar-refractivity contribution in [2.45, 2.75) is 77.6 Å². The second kappa shape index (κ2) is 13.4. The fourth-order valence-corrected chi connectivity index (χ4v) is 2.73. The Hall–Kier alpha value is -1.02. The summed E-state index contributed by atoms with van der Waals surface area (Å²) in [5, 5.41) is 0.631. The Kier molecular flexibility index (Phi) is 11.7. The Bertz CT molecular complexity index is 414. The first-order valence-electron chi connectivity index (χ1n) is 9.16. The molecule has 0 saturated carbocycles. The summed E-state index contributed by atoms with van der Waals surface area (Å²) >= 11 is 5.79. The van der Waals surface area contributed by atoms with E-state index in [0.717, 1.165) is 12.8 Å². The molecule has 3 heteroatoms. The van der Waals surface area contributed by atoms with Gasteiger partial charge in [0.05, 0.1) is 12.2 Å². The van der Waals surface area contributed by atoms with Crippen molar-refractivity contribution < 1.29 is 9.53 Å². The molecule has 0 amide bonds. The number of rotatable bonds is 13. The number of esters is 1. The van der Waals surface area contributed by atoms with Crippen LogP contribution in [-0.4, -0.2) is 12.6 Å². The highest BCUT2D eigenvalue weighted by Crippen LogP contribution is 2.12. The first-order valence-corrected chi connectivity index (χ1v) is 9.54. The molecule has 0 aliphatic carbocycles. The first kappa shape index (κ1) is 20.0. The van der Waals surface area contributed by atoms with Gasteiger partial charge in [-0.1, -0.05) is 82.7 Å². The molecule has 0 aliphatic heterocycles. The molecule has 0 aliphatic rings. The normalized spacial score (nSPS) is 10.7. The Morgan fingerprint density at radius 3 is 1.83 bits per heavy atom. The van der Waals surface area contributed by atoms with Gasteiger partial charge in [0.15, 0.2) is 0 Å². The number of ether oxygens (including phenoxy) is 1. The molecule has 1 aromatic carbocycles. The van der Waals surface area contributed by atoms with Crippen molar-refractivity contribution in [2.24, 2.45) is 0 Å². The summed E-state index contributed by atoms with van der Waals surface area (Å²) in [6, 6.07) is 6.82. The van der Waals surface area contributed by atoms with Crippen LogP contribution in [0.3, 0.4) is 0 Å². The molecule has 1 rings (SSSR count). The zero-order valence-corrected chi connectivity index (χ0v) is 15.2. The van der Waals surface area contributed by atoms with Crippen molar-refractivity contribution >= 4 is 17.6 Å². The van der Waals surface area contributed by atoms with E-state index in [0.29, 0.717) is 17.2 Å². The molecule has 0 radical (unpaired) electrons. The van der Waals surface area contributed by atoms with Gasteiger partial charge in [-0.05, 0) is 30.7 Å². The maximum absolute atomic E-state index is 11.8. The Morgan fingerprint density at radius 1 is 0.826 bits per heavy atom. The molecule has 0 heterocycles. The van der Waals surface area contributed by atoms with Crippen molar-refractivity contribution in [3.63, 3.8) is 0 Å². The van der Waals surface area contributed by atoms with Crippen LogP contribution in [0, 0.1) is 0 Å². The van der Waals surface area contributed by atoms with Gasteiger partial charge in [0.2, 0.25) is 0 Å². The predicted octanol–water partition coefficient (Wildman–Crippen LogP) is 6.81. The SMILES string of the molecule is CCCCCCCCCCCCCOC(=O)c1ccc(Cl)cc1. The van der Waals surface area contributed by atoms with E-state index < -0.39 is 0 Å². The molecule has 1 aromatic rings. The van der Waals surface area contributed by atoms with Crippen LogP contribution in [0.15, 0.2) is 24.3 Å². The van der Waals surface area contributed by atoms with Crippen LogP contribution in [0.4, 0.5) is 0 Å². The molecule has 0 spiro atoms. The summed E-state index contributed by atoms with van der Waals surface area (Å²) in [4.78, 5) is 11.8. The molecule has 23 heavy (non-hydrogen) atoms. The van der Waals surface area contributed by atoms with Crippen molar-refractivity contribution in [1.29, 1.82) is 0 Å². The minimum atomic E-state index is -0.256. The van der Waals surface area contributed by atoms with E-state index in [2.05, 4.69) is 6.92 Å². The molecular weight excluding hydrogens is 308 g/mol. The van der Waals surface area contributed by atoms with Crippen molar-refractivity contribution in [3.8, 4) is 0 Å². The van der Waals surface area contributed by atoms with E-state index >= 15 is 0 Å². The maximum Gasteiger partial charge on any atom is 0.338 e. The molecule has 0 fully saturated rings. The highest BCUT2D eigenvalue weighted by atomic mass is 35.5. The highest BCUT2D eigenvalue weighted by Gasteiger charge is 2.05. The Balaban J connectivity index is 1.89. The average molecular weight is 339 g/mol. The molecule has 0 aromatic heterocycles. The molecule has 0 atom stereocenters. The van der Waals surface area contributed by atoms with Gasteiger partial charge in [-0.2, -0.15) is 0 Å². The minimum Gasteiger partial charge on any atom is -0.462 e. The van der Waals surface area contributed by atoms with Gasteiger partial charge in [-0.3, -0.25) is 0 Å². The largest absolute Gasteiger partial charge is 0.462 e. The van der Waals surface area contributed by atoms with E-state index in [9.17, 15) is 4.79 Å². The van der Waals surface area contributed by atoms with Crippen LogP contribution in [0.25, 0.3) is 0 Å². The topological polar surface area (TPSA) is 26.3 Å². The fourth-order valence-electron chi connectivity index (χ4n) is 2.60. The quantitative estimate of drug-likeness (QED) is 0.292. The monoisotopic (exact) mass is 338 g/mol. The Morgan fingerprint density at radius 2 is 1.30 bits per heavy atom. The first-order chi connectivity index (χ1) is 11.2. The van der Waals surface area contributed by atoms with Gasteiger partial charge in [0.25, 0.3) is 0 Å². The summed E-state index contributed by atoms with van der Waals surface area (Å²) in [6.07, 6.45) is 14.2. The molecule has 0 bridgehead atoms. The zero-order chi connectivity index (χ0) is 16.8. The third-order valence-corrected chi connectivity index (χ3v) is 4.31. The zero-order valence-electron chi connectivity index (χ0n) is 14.5. The number of hydrogen-bond acceptors (Lipinski definition) is 2. The van der Waals surface area contributed by atoms with Crippen molar-refractivity contribution in [2.75, 3.05) is 6.61 Å². The fraction of sp³-hybridized carbons (Fsp3) is 0.650. The predicted molar refractivity (Wildman–Crippen MR) is 98.2 cm³/mol. The lowest BCUT2D eigenvalue weighted by Gasteiger charge is -2.05. The summed E-state index contributed by atoms with van der Waals surface area (Å²) in [6.45, 7) is 2.77. The van der Waals surface area contributed by atoms with Gasteiger partial charge in [-0.25, -0.2) is 4.79 Å². The van der Waals surface area contributed by atoms with E-state index in [4.69, 9.17) is 16.3 Å². The van der Waals surface area contributed by atoms with Gasteiger partial charge in [-0.15, -0.1) is 0 Å². The number of carbonyl (C=O) groups excluding carboxylic acids is 1. The summed E-state index contributed by atoms with van der Waals surface area (Å²) in [5.74, 6) is -0.256. The molecule has 0 N–H and O–H groups in total. The summed E-state index contributed by atoms with van der Waals surface area (Å²) in [7, 11) is 0.